The van der Waals surface area contributed by atoms with Crippen LogP contribution in [-0.4, -0.2) is 37.1 Å². The van der Waals surface area contributed by atoms with Gasteiger partial charge in [0, 0.05) is 12.6 Å². The fourth-order valence-corrected chi connectivity index (χ4v) is 3.55. The van der Waals surface area contributed by atoms with Gasteiger partial charge in [-0.3, -0.25) is 9.10 Å². The molecule has 0 spiro atoms. The first-order chi connectivity index (χ1) is 10.4. The summed E-state index contributed by atoms with van der Waals surface area (Å²) in [5.74, 6) is -1.04. The fraction of sp³-hybridized carbons (Fsp3) is 0.333. The quantitative estimate of drug-likeness (QED) is 0.783. The van der Waals surface area contributed by atoms with Crippen molar-refractivity contribution in [3.05, 3.63) is 42.1 Å². The summed E-state index contributed by atoms with van der Waals surface area (Å²) in [5, 5.41) is 0. The lowest BCUT2D eigenvalue weighted by molar-refractivity contribution is -0.148. The SMILES string of the molecule is CCOC(=O)[C@H]1CC(=O)C=CN1S(=O)(=O)c1ccc(C)cc1. The van der Waals surface area contributed by atoms with Crippen LogP contribution in [0.1, 0.15) is 18.9 Å². The second-order valence-electron chi connectivity index (χ2n) is 4.90. The summed E-state index contributed by atoms with van der Waals surface area (Å²) in [4.78, 5) is 23.6. The minimum atomic E-state index is -3.92. The van der Waals surface area contributed by atoms with Crippen LogP contribution in [0, 0.1) is 6.92 Å². The Morgan fingerprint density at radius 3 is 2.55 bits per heavy atom. The number of hydrogen-bond acceptors (Lipinski definition) is 5. The van der Waals surface area contributed by atoms with Crippen LogP contribution in [0.4, 0.5) is 0 Å². The number of sulfonamides is 1. The Kier molecular flexibility index (Phi) is 4.65. The highest BCUT2D eigenvalue weighted by Gasteiger charge is 2.37. The number of aryl methyl sites for hydroxylation is 1. The van der Waals surface area contributed by atoms with Gasteiger partial charge in [-0.1, -0.05) is 17.7 Å². The molecule has 118 valence electrons. The van der Waals surface area contributed by atoms with Crippen molar-refractivity contribution < 1.29 is 22.7 Å². The van der Waals surface area contributed by atoms with Crippen LogP contribution < -0.4 is 0 Å². The third-order valence-corrected chi connectivity index (χ3v) is 5.06. The van der Waals surface area contributed by atoms with Crippen molar-refractivity contribution in [1.29, 1.82) is 0 Å². The maximum Gasteiger partial charge on any atom is 0.330 e. The smallest absolute Gasteiger partial charge is 0.330 e. The number of nitrogens with zero attached hydrogens (tertiary/aromatic N) is 1. The first kappa shape index (κ1) is 16.2. The van der Waals surface area contributed by atoms with Gasteiger partial charge in [-0.15, -0.1) is 0 Å². The van der Waals surface area contributed by atoms with Crippen molar-refractivity contribution in [2.24, 2.45) is 0 Å². The molecular formula is C15H17NO5S. The Balaban J connectivity index is 2.41. The van der Waals surface area contributed by atoms with Gasteiger partial charge in [-0.05, 0) is 32.1 Å². The Morgan fingerprint density at radius 2 is 1.95 bits per heavy atom. The number of rotatable bonds is 4. The lowest BCUT2D eigenvalue weighted by Crippen LogP contribution is -2.45. The summed E-state index contributed by atoms with van der Waals surface area (Å²) in [5.41, 5.74) is 0.922. The number of hydrogen-bond donors (Lipinski definition) is 0. The van der Waals surface area contributed by atoms with Gasteiger partial charge in [0.25, 0.3) is 10.0 Å². The van der Waals surface area contributed by atoms with E-state index >= 15 is 0 Å². The molecule has 0 amide bonds. The lowest BCUT2D eigenvalue weighted by Gasteiger charge is -2.30. The minimum absolute atomic E-state index is 0.0615. The molecule has 1 atom stereocenters. The van der Waals surface area contributed by atoms with Gasteiger partial charge >= 0.3 is 5.97 Å². The molecule has 0 aliphatic carbocycles. The molecule has 22 heavy (non-hydrogen) atoms. The molecule has 6 nitrogen and oxygen atoms in total. The minimum Gasteiger partial charge on any atom is -0.464 e. The largest absolute Gasteiger partial charge is 0.464 e. The monoisotopic (exact) mass is 323 g/mol. The first-order valence-electron chi connectivity index (χ1n) is 6.84. The van der Waals surface area contributed by atoms with Crippen LogP contribution in [0.2, 0.25) is 0 Å². The second kappa shape index (κ2) is 6.31. The van der Waals surface area contributed by atoms with Gasteiger partial charge < -0.3 is 4.74 Å². The lowest BCUT2D eigenvalue weighted by atomic mass is 10.1. The third kappa shape index (κ3) is 3.19. The average Bonchev–Trinajstić information content (AvgIpc) is 2.47. The van der Waals surface area contributed by atoms with Crippen molar-refractivity contribution in [3.63, 3.8) is 0 Å². The molecule has 0 unspecified atom stereocenters. The summed E-state index contributed by atoms with van der Waals surface area (Å²) in [6, 6.07) is 5.12. The highest BCUT2D eigenvalue weighted by molar-refractivity contribution is 7.89. The highest BCUT2D eigenvalue weighted by Crippen LogP contribution is 2.24. The van der Waals surface area contributed by atoms with Crippen LogP contribution in [-0.2, 0) is 24.3 Å². The van der Waals surface area contributed by atoms with E-state index in [0.29, 0.717) is 0 Å². The van der Waals surface area contributed by atoms with E-state index in [0.717, 1.165) is 22.1 Å². The molecule has 2 rings (SSSR count). The number of allylic oxidation sites excluding steroid dienone is 1. The number of carbonyl (C=O) groups excluding carboxylic acids is 2. The predicted molar refractivity (Wildman–Crippen MR) is 79.4 cm³/mol. The molecule has 1 aromatic carbocycles. The third-order valence-electron chi connectivity index (χ3n) is 3.26. The Labute approximate surface area is 129 Å². The molecule has 7 heteroatoms. The van der Waals surface area contributed by atoms with E-state index < -0.39 is 22.0 Å². The molecule has 0 radical (unpaired) electrons. The molecule has 0 fully saturated rings. The van der Waals surface area contributed by atoms with Gasteiger partial charge in [-0.2, -0.15) is 0 Å². The molecule has 1 aliphatic heterocycles. The molecule has 0 bridgehead atoms. The molecule has 0 N–H and O–H groups in total. The van der Waals surface area contributed by atoms with Crippen LogP contribution in [0.3, 0.4) is 0 Å². The van der Waals surface area contributed by atoms with Crippen LogP contribution in [0.5, 0.6) is 0 Å². The van der Waals surface area contributed by atoms with E-state index in [1.807, 2.05) is 6.92 Å². The Bertz CT molecular complexity index is 706. The van der Waals surface area contributed by atoms with E-state index in [-0.39, 0.29) is 23.7 Å². The predicted octanol–water partition coefficient (Wildman–Crippen LogP) is 1.40. The maximum atomic E-state index is 12.7. The zero-order valence-corrected chi connectivity index (χ0v) is 13.2. The molecule has 0 aromatic heterocycles. The van der Waals surface area contributed by atoms with Crippen molar-refractivity contribution >= 4 is 21.8 Å². The van der Waals surface area contributed by atoms with E-state index in [1.165, 1.54) is 12.1 Å². The first-order valence-corrected chi connectivity index (χ1v) is 8.28. The highest BCUT2D eigenvalue weighted by atomic mass is 32.2. The zero-order chi connectivity index (χ0) is 16.3. The van der Waals surface area contributed by atoms with Gasteiger partial charge in [0.15, 0.2) is 5.78 Å². The maximum absolute atomic E-state index is 12.7. The van der Waals surface area contributed by atoms with Crippen molar-refractivity contribution in [2.75, 3.05) is 6.61 Å². The van der Waals surface area contributed by atoms with Crippen molar-refractivity contribution in [2.45, 2.75) is 31.2 Å². The molecule has 1 aliphatic rings. The molecule has 1 aromatic rings. The Hall–Kier alpha value is -2.15. The number of ether oxygens (including phenoxy) is 1. The normalized spacial score (nSPS) is 18.4. The van der Waals surface area contributed by atoms with Crippen LogP contribution in [0.15, 0.2) is 41.4 Å². The fourth-order valence-electron chi connectivity index (χ4n) is 2.11. The van der Waals surface area contributed by atoms with Gasteiger partial charge in [-0.25, -0.2) is 13.2 Å². The number of esters is 1. The number of ketones is 1. The molecule has 0 saturated carbocycles. The standard InChI is InChI=1S/C15H17NO5S/c1-3-21-15(18)14-10-12(17)8-9-16(14)22(19,20)13-6-4-11(2)5-7-13/h4-9,14H,3,10H2,1-2H3/t14-/m1/s1. The summed E-state index contributed by atoms with van der Waals surface area (Å²) >= 11 is 0. The van der Waals surface area contributed by atoms with Crippen LogP contribution >= 0.6 is 0 Å². The Morgan fingerprint density at radius 1 is 1.32 bits per heavy atom. The van der Waals surface area contributed by atoms with E-state index in [2.05, 4.69) is 0 Å². The molecule has 1 heterocycles. The van der Waals surface area contributed by atoms with E-state index in [1.54, 1.807) is 19.1 Å². The van der Waals surface area contributed by atoms with Gasteiger partial charge in [0.1, 0.15) is 6.04 Å². The summed E-state index contributed by atoms with van der Waals surface area (Å²) in [7, 11) is -3.92. The summed E-state index contributed by atoms with van der Waals surface area (Å²) in [6.07, 6.45) is 2.06. The molecular weight excluding hydrogens is 306 g/mol. The number of benzene rings is 1. The van der Waals surface area contributed by atoms with E-state index in [9.17, 15) is 18.0 Å². The second-order valence-corrected chi connectivity index (χ2v) is 6.75. The van der Waals surface area contributed by atoms with E-state index in [4.69, 9.17) is 4.74 Å². The van der Waals surface area contributed by atoms with Gasteiger partial charge in [0.05, 0.1) is 11.5 Å². The van der Waals surface area contributed by atoms with Gasteiger partial charge in [0.2, 0.25) is 0 Å². The molecule has 0 saturated heterocycles. The zero-order valence-electron chi connectivity index (χ0n) is 12.4. The van der Waals surface area contributed by atoms with Crippen molar-refractivity contribution in [1.82, 2.24) is 4.31 Å². The number of carbonyl (C=O) groups is 2. The van der Waals surface area contributed by atoms with Crippen molar-refractivity contribution in [3.8, 4) is 0 Å². The summed E-state index contributed by atoms with van der Waals surface area (Å²) in [6.45, 7) is 3.58. The van der Waals surface area contributed by atoms with Crippen LogP contribution in [0.25, 0.3) is 0 Å². The topological polar surface area (TPSA) is 80.8 Å². The average molecular weight is 323 g/mol. The summed E-state index contributed by atoms with van der Waals surface area (Å²) < 4.78 is 31.1.